The molecule has 3 N–H and O–H groups in total. The van der Waals surface area contributed by atoms with Crippen LogP contribution < -0.4 is 5.14 Å². The van der Waals surface area contributed by atoms with E-state index in [1.54, 1.807) is 0 Å². The van der Waals surface area contributed by atoms with Gasteiger partial charge in [-0.05, 0) is 31.6 Å². The lowest BCUT2D eigenvalue weighted by Crippen LogP contribution is -2.15. The fourth-order valence-electron chi connectivity index (χ4n) is 2.79. The Bertz CT molecular complexity index is 504. The number of nitrogens with one attached hydrogen (secondary N) is 1. The van der Waals surface area contributed by atoms with E-state index in [1.807, 2.05) is 0 Å². The summed E-state index contributed by atoms with van der Waals surface area (Å²) in [6, 6.07) is 0. The fraction of sp³-hybridized carbons (Fsp3) is 0.833. The lowest BCUT2D eigenvalue weighted by atomic mass is 9.79. The van der Waals surface area contributed by atoms with E-state index < -0.39 is 10.0 Å². The normalized spacial score (nSPS) is 24.5. The molecule has 1 fully saturated rings. The Kier molecular flexibility index (Phi) is 4.57. The Labute approximate surface area is 114 Å². The predicted molar refractivity (Wildman–Crippen MR) is 72.0 cm³/mol. The molecule has 1 aliphatic carbocycles. The molecule has 0 radical (unpaired) electrons. The van der Waals surface area contributed by atoms with Crippen molar-refractivity contribution in [2.75, 3.05) is 0 Å². The number of rotatable bonds is 5. The van der Waals surface area contributed by atoms with Crippen molar-refractivity contribution in [1.29, 1.82) is 0 Å². The van der Waals surface area contributed by atoms with Crippen LogP contribution >= 0.6 is 0 Å². The highest BCUT2D eigenvalue weighted by Gasteiger charge is 2.25. The van der Waals surface area contributed by atoms with Gasteiger partial charge >= 0.3 is 0 Å². The summed E-state index contributed by atoms with van der Waals surface area (Å²) in [5, 5.41) is 11.1. The molecule has 0 unspecified atom stereocenters. The maximum atomic E-state index is 11.1. The maximum absolute atomic E-state index is 11.1. The first-order valence-electron chi connectivity index (χ1n) is 6.95. The molecule has 1 heterocycles. The number of nitrogens with two attached hydrogens (primary N) is 1. The summed E-state index contributed by atoms with van der Waals surface area (Å²) in [4.78, 5) is 4.01. The number of primary sulfonamides is 1. The molecule has 0 bridgehead atoms. The number of aromatic amines is 1. The van der Waals surface area contributed by atoms with E-state index in [2.05, 4.69) is 22.1 Å². The number of unbranched alkanes of at least 4 members (excludes halogenated alkanes) is 1. The molecule has 0 aromatic carbocycles. The van der Waals surface area contributed by atoms with Crippen LogP contribution in [0.4, 0.5) is 0 Å². The van der Waals surface area contributed by atoms with E-state index in [9.17, 15) is 8.42 Å². The van der Waals surface area contributed by atoms with Gasteiger partial charge in [-0.15, -0.1) is 5.10 Å². The number of nitrogens with zero attached hydrogens (tertiary/aromatic N) is 2. The first kappa shape index (κ1) is 14.5. The van der Waals surface area contributed by atoms with E-state index in [-0.39, 0.29) is 5.16 Å². The summed E-state index contributed by atoms with van der Waals surface area (Å²) in [6.45, 7) is 2.22. The van der Waals surface area contributed by atoms with Crippen molar-refractivity contribution in [2.24, 2.45) is 11.1 Å². The molecule has 1 aromatic heterocycles. The van der Waals surface area contributed by atoms with Gasteiger partial charge in [0.05, 0.1) is 0 Å². The summed E-state index contributed by atoms with van der Waals surface area (Å²) in [7, 11) is -3.80. The monoisotopic (exact) mass is 286 g/mol. The van der Waals surface area contributed by atoms with Gasteiger partial charge in [-0.25, -0.2) is 18.5 Å². The number of hydrogen-bond donors (Lipinski definition) is 2. The minimum absolute atomic E-state index is 0.292. The third-order valence-electron chi connectivity index (χ3n) is 3.94. The molecule has 108 valence electrons. The van der Waals surface area contributed by atoms with Gasteiger partial charge in [-0.1, -0.05) is 26.2 Å². The largest absolute Gasteiger partial charge is 0.282 e. The Morgan fingerprint density at radius 3 is 2.53 bits per heavy atom. The topological polar surface area (TPSA) is 102 Å². The second kappa shape index (κ2) is 6.00. The predicted octanol–water partition coefficient (Wildman–Crippen LogP) is 1.92. The summed E-state index contributed by atoms with van der Waals surface area (Å²) >= 11 is 0. The molecule has 1 aliphatic rings. The molecular weight excluding hydrogens is 264 g/mol. The van der Waals surface area contributed by atoms with Crippen molar-refractivity contribution >= 4 is 10.0 Å². The average Bonchev–Trinajstić information content (AvgIpc) is 2.86. The Balaban J connectivity index is 1.93. The van der Waals surface area contributed by atoms with Gasteiger partial charge in [0.1, 0.15) is 5.82 Å². The van der Waals surface area contributed by atoms with Crippen LogP contribution in [0.3, 0.4) is 0 Å². The van der Waals surface area contributed by atoms with Crippen molar-refractivity contribution < 1.29 is 8.42 Å². The number of hydrogen-bond acceptors (Lipinski definition) is 4. The van der Waals surface area contributed by atoms with Crippen LogP contribution in [0, 0.1) is 5.92 Å². The van der Waals surface area contributed by atoms with Crippen molar-refractivity contribution in [3.63, 3.8) is 0 Å². The maximum Gasteiger partial charge on any atom is 0.282 e. The Morgan fingerprint density at radius 2 is 2.00 bits per heavy atom. The first-order valence-corrected chi connectivity index (χ1v) is 8.50. The van der Waals surface area contributed by atoms with Gasteiger partial charge in [0.2, 0.25) is 0 Å². The summed E-state index contributed by atoms with van der Waals surface area (Å²) in [5.41, 5.74) is 0. The van der Waals surface area contributed by atoms with E-state index in [1.165, 1.54) is 32.1 Å². The third kappa shape index (κ3) is 3.76. The van der Waals surface area contributed by atoms with E-state index in [0.29, 0.717) is 11.7 Å². The highest BCUT2D eigenvalue weighted by molar-refractivity contribution is 7.89. The van der Waals surface area contributed by atoms with Crippen LogP contribution in [0.5, 0.6) is 0 Å². The average molecular weight is 286 g/mol. The van der Waals surface area contributed by atoms with Gasteiger partial charge in [0.15, 0.2) is 0 Å². The lowest BCUT2D eigenvalue weighted by molar-refractivity contribution is 0.298. The van der Waals surface area contributed by atoms with E-state index >= 15 is 0 Å². The number of H-pyrrole nitrogens is 1. The van der Waals surface area contributed by atoms with Crippen molar-refractivity contribution in [2.45, 2.75) is 62.9 Å². The minimum Gasteiger partial charge on any atom is -0.262 e. The number of aromatic nitrogens is 3. The van der Waals surface area contributed by atoms with Gasteiger partial charge in [0.25, 0.3) is 15.2 Å². The van der Waals surface area contributed by atoms with Crippen LogP contribution in [0.1, 0.15) is 63.6 Å². The molecule has 1 aromatic rings. The molecular formula is C12H22N4O2S. The Morgan fingerprint density at radius 1 is 1.32 bits per heavy atom. The lowest BCUT2D eigenvalue weighted by Gasteiger charge is -2.26. The number of sulfonamides is 1. The van der Waals surface area contributed by atoms with Gasteiger partial charge in [-0.2, -0.15) is 0 Å². The Hall–Kier alpha value is -0.950. The van der Waals surface area contributed by atoms with E-state index in [0.717, 1.165) is 18.8 Å². The molecule has 7 heteroatoms. The highest BCUT2D eigenvalue weighted by Crippen LogP contribution is 2.36. The molecule has 19 heavy (non-hydrogen) atoms. The van der Waals surface area contributed by atoms with Gasteiger partial charge in [0, 0.05) is 5.92 Å². The zero-order valence-corrected chi connectivity index (χ0v) is 12.1. The van der Waals surface area contributed by atoms with Crippen molar-refractivity contribution in [1.82, 2.24) is 15.2 Å². The van der Waals surface area contributed by atoms with Gasteiger partial charge < -0.3 is 0 Å². The summed E-state index contributed by atoms with van der Waals surface area (Å²) in [6.07, 6.45) is 8.34. The molecule has 0 aliphatic heterocycles. The SMILES string of the molecule is CCCCC1CCC(c2nc(S(N)(=O)=O)n[nH]2)CC1. The van der Waals surface area contributed by atoms with Crippen LogP contribution in [0.25, 0.3) is 0 Å². The molecule has 0 saturated heterocycles. The molecule has 0 amide bonds. The second-order valence-corrected chi connectivity index (χ2v) is 6.86. The van der Waals surface area contributed by atoms with Crippen LogP contribution in [-0.2, 0) is 10.0 Å². The quantitative estimate of drug-likeness (QED) is 0.863. The standard InChI is InChI=1S/C12H22N4O2S/c1-2-3-4-9-5-7-10(8-6-9)11-14-12(16-15-11)19(13,17)18/h9-10H,2-8H2,1H3,(H2,13,17,18)(H,14,15,16). The van der Waals surface area contributed by atoms with Crippen molar-refractivity contribution in [3.8, 4) is 0 Å². The van der Waals surface area contributed by atoms with Gasteiger partial charge in [-0.3, -0.25) is 5.10 Å². The minimum atomic E-state index is -3.80. The third-order valence-corrected chi connectivity index (χ3v) is 4.63. The second-order valence-electron chi connectivity index (χ2n) is 5.41. The molecule has 6 nitrogen and oxygen atoms in total. The summed E-state index contributed by atoms with van der Waals surface area (Å²) in [5.74, 6) is 1.77. The smallest absolute Gasteiger partial charge is 0.262 e. The highest BCUT2D eigenvalue weighted by atomic mass is 32.2. The zero-order chi connectivity index (χ0) is 13.9. The van der Waals surface area contributed by atoms with E-state index in [4.69, 9.17) is 5.14 Å². The summed E-state index contributed by atoms with van der Waals surface area (Å²) < 4.78 is 22.3. The first-order chi connectivity index (χ1) is 9.00. The molecule has 1 saturated carbocycles. The van der Waals surface area contributed by atoms with Crippen LogP contribution in [0.15, 0.2) is 5.16 Å². The van der Waals surface area contributed by atoms with Crippen LogP contribution in [-0.4, -0.2) is 23.6 Å². The molecule has 2 rings (SSSR count). The van der Waals surface area contributed by atoms with Crippen molar-refractivity contribution in [3.05, 3.63) is 5.82 Å². The van der Waals surface area contributed by atoms with Crippen LogP contribution in [0.2, 0.25) is 0 Å². The zero-order valence-electron chi connectivity index (χ0n) is 11.3. The fourth-order valence-corrected chi connectivity index (χ4v) is 3.18. The molecule has 0 spiro atoms. The molecule has 0 atom stereocenters.